The smallest absolute Gasteiger partial charge is 0.0129 e. The van der Waals surface area contributed by atoms with Crippen LogP contribution in [-0.2, 0) is 0 Å². The second-order valence-corrected chi connectivity index (χ2v) is 4.03. The fourth-order valence-corrected chi connectivity index (χ4v) is 1.87. The maximum atomic E-state index is 4.08. The van der Waals surface area contributed by atoms with E-state index in [4.69, 9.17) is 0 Å². The summed E-state index contributed by atoms with van der Waals surface area (Å²) in [5.74, 6) is 0. The Bertz CT molecular complexity index is 371. The van der Waals surface area contributed by atoms with Gasteiger partial charge in [-0.05, 0) is 50.0 Å². The molecule has 0 radical (unpaired) electrons. The summed E-state index contributed by atoms with van der Waals surface area (Å²) in [4.78, 5) is 0. The van der Waals surface area contributed by atoms with Gasteiger partial charge in [0.2, 0.25) is 0 Å². The lowest BCUT2D eigenvalue weighted by Gasteiger charge is -2.13. The van der Waals surface area contributed by atoms with Crippen molar-refractivity contribution in [3.05, 3.63) is 53.1 Å². The predicted octanol–water partition coefficient (Wildman–Crippen LogP) is 4.20. The molecule has 0 N–H and O–H groups in total. The molecule has 0 heteroatoms. The van der Waals surface area contributed by atoms with Gasteiger partial charge in [-0.3, -0.25) is 0 Å². The quantitative estimate of drug-likeness (QED) is 0.607. The van der Waals surface area contributed by atoms with Crippen molar-refractivity contribution in [1.29, 1.82) is 0 Å². The summed E-state index contributed by atoms with van der Waals surface area (Å²) in [6.07, 6.45) is 0. The SMILES string of the molecule is C=C(C)C(=C)c1c(C)cc(C)cc1C. The van der Waals surface area contributed by atoms with Gasteiger partial charge in [-0.1, -0.05) is 36.4 Å². The van der Waals surface area contributed by atoms with Gasteiger partial charge in [0.15, 0.2) is 0 Å². The van der Waals surface area contributed by atoms with Gasteiger partial charge >= 0.3 is 0 Å². The minimum absolute atomic E-state index is 1.04. The fourth-order valence-electron chi connectivity index (χ4n) is 1.87. The second-order valence-electron chi connectivity index (χ2n) is 4.03. The Morgan fingerprint density at radius 2 is 1.43 bits per heavy atom. The van der Waals surface area contributed by atoms with Crippen LogP contribution in [0.25, 0.3) is 5.57 Å². The van der Waals surface area contributed by atoms with Gasteiger partial charge in [-0.25, -0.2) is 0 Å². The van der Waals surface area contributed by atoms with Gasteiger partial charge in [0, 0.05) is 0 Å². The normalized spacial score (nSPS) is 10.0. The Hall–Kier alpha value is -1.30. The van der Waals surface area contributed by atoms with E-state index in [9.17, 15) is 0 Å². The average molecular weight is 186 g/mol. The summed E-state index contributed by atoms with van der Waals surface area (Å²) in [6, 6.07) is 4.38. The van der Waals surface area contributed by atoms with E-state index < -0.39 is 0 Å². The Labute approximate surface area is 87.0 Å². The van der Waals surface area contributed by atoms with E-state index >= 15 is 0 Å². The zero-order chi connectivity index (χ0) is 10.9. The number of hydrogen-bond donors (Lipinski definition) is 0. The van der Waals surface area contributed by atoms with Crippen molar-refractivity contribution in [3.63, 3.8) is 0 Å². The Balaban J connectivity index is 3.35. The third-order valence-corrected chi connectivity index (χ3v) is 2.49. The molecule has 74 valence electrons. The fraction of sp³-hybridized carbons (Fsp3) is 0.286. The molecule has 1 aromatic rings. The summed E-state index contributed by atoms with van der Waals surface area (Å²) in [7, 11) is 0. The first-order chi connectivity index (χ1) is 6.43. The first-order valence-electron chi connectivity index (χ1n) is 4.86. The number of benzene rings is 1. The predicted molar refractivity (Wildman–Crippen MR) is 64.5 cm³/mol. The minimum Gasteiger partial charge on any atom is -0.0955 e. The standard InChI is InChI=1S/C14H18/c1-9(2)13(6)14-11(4)7-10(3)8-12(14)5/h7-8H,1,6H2,2-5H3. The van der Waals surface area contributed by atoms with Gasteiger partial charge in [0.1, 0.15) is 0 Å². The van der Waals surface area contributed by atoms with E-state index in [1.807, 2.05) is 6.92 Å². The van der Waals surface area contributed by atoms with Crippen LogP contribution < -0.4 is 0 Å². The molecule has 0 bridgehead atoms. The van der Waals surface area contributed by atoms with Crippen LogP contribution >= 0.6 is 0 Å². The van der Waals surface area contributed by atoms with Crippen molar-refractivity contribution in [2.75, 3.05) is 0 Å². The van der Waals surface area contributed by atoms with Crippen LogP contribution in [0.15, 0.2) is 30.9 Å². The van der Waals surface area contributed by atoms with Crippen molar-refractivity contribution >= 4 is 5.57 Å². The van der Waals surface area contributed by atoms with Crippen LogP contribution in [0.2, 0.25) is 0 Å². The maximum absolute atomic E-state index is 4.08. The summed E-state index contributed by atoms with van der Waals surface area (Å²) >= 11 is 0. The zero-order valence-electron chi connectivity index (χ0n) is 9.57. The van der Waals surface area contributed by atoms with E-state index in [1.165, 1.54) is 22.3 Å². The van der Waals surface area contributed by atoms with Crippen LogP contribution in [0.3, 0.4) is 0 Å². The molecule has 0 amide bonds. The first-order valence-corrected chi connectivity index (χ1v) is 4.86. The molecule has 14 heavy (non-hydrogen) atoms. The first kappa shape index (κ1) is 10.8. The molecule has 0 saturated heterocycles. The lowest BCUT2D eigenvalue weighted by molar-refractivity contribution is 1.28. The van der Waals surface area contributed by atoms with Crippen LogP contribution in [0.4, 0.5) is 0 Å². The lowest BCUT2D eigenvalue weighted by Crippen LogP contribution is -1.94. The van der Waals surface area contributed by atoms with Crippen LogP contribution in [0.1, 0.15) is 29.2 Å². The molecule has 0 aliphatic heterocycles. The van der Waals surface area contributed by atoms with Gasteiger partial charge in [-0.15, -0.1) is 0 Å². The van der Waals surface area contributed by atoms with Crippen LogP contribution in [0, 0.1) is 20.8 Å². The maximum Gasteiger partial charge on any atom is -0.0129 e. The molecule has 0 fully saturated rings. The molecule has 0 aliphatic rings. The number of aryl methyl sites for hydroxylation is 3. The molecule has 1 rings (SSSR count). The van der Waals surface area contributed by atoms with E-state index in [0.29, 0.717) is 0 Å². The summed E-state index contributed by atoms with van der Waals surface area (Å²) < 4.78 is 0. The van der Waals surface area contributed by atoms with Crippen molar-refractivity contribution in [2.45, 2.75) is 27.7 Å². The minimum atomic E-state index is 1.04. The largest absolute Gasteiger partial charge is 0.0955 e. The van der Waals surface area contributed by atoms with Gasteiger partial charge in [0.05, 0.1) is 0 Å². The van der Waals surface area contributed by atoms with Crippen LogP contribution in [0.5, 0.6) is 0 Å². The molecule has 1 aromatic carbocycles. The summed E-state index contributed by atoms with van der Waals surface area (Å²) in [5.41, 5.74) is 7.23. The Morgan fingerprint density at radius 1 is 1.00 bits per heavy atom. The molecule has 0 heterocycles. The van der Waals surface area contributed by atoms with Crippen molar-refractivity contribution in [3.8, 4) is 0 Å². The topological polar surface area (TPSA) is 0 Å². The second kappa shape index (κ2) is 3.83. The third-order valence-electron chi connectivity index (χ3n) is 2.49. The molecular weight excluding hydrogens is 168 g/mol. The number of rotatable bonds is 2. The van der Waals surface area contributed by atoms with Crippen LogP contribution in [-0.4, -0.2) is 0 Å². The third kappa shape index (κ3) is 1.95. The molecule has 0 nitrogen and oxygen atoms in total. The van der Waals surface area contributed by atoms with E-state index in [2.05, 4.69) is 46.1 Å². The monoisotopic (exact) mass is 186 g/mol. The van der Waals surface area contributed by atoms with E-state index in [0.717, 1.165) is 11.1 Å². The molecule has 0 unspecified atom stereocenters. The molecule has 0 aromatic heterocycles. The molecule has 0 atom stereocenters. The van der Waals surface area contributed by atoms with Gasteiger partial charge in [0.25, 0.3) is 0 Å². The molecular formula is C14H18. The highest BCUT2D eigenvalue weighted by atomic mass is 14.1. The molecule has 0 saturated carbocycles. The van der Waals surface area contributed by atoms with Gasteiger partial charge in [-0.2, -0.15) is 0 Å². The number of hydrogen-bond acceptors (Lipinski definition) is 0. The van der Waals surface area contributed by atoms with E-state index in [1.54, 1.807) is 0 Å². The average Bonchev–Trinajstić information content (AvgIpc) is 2.01. The van der Waals surface area contributed by atoms with Gasteiger partial charge < -0.3 is 0 Å². The van der Waals surface area contributed by atoms with E-state index in [-0.39, 0.29) is 0 Å². The van der Waals surface area contributed by atoms with Crippen molar-refractivity contribution in [2.24, 2.45) is 0 Å². The van der Waals surface area contributed by atoms with Crippen molar-refractivity contribution in [1.82, 2.24) is 0 Å². The molecule has 0 spiro atoms. The highest BCUT2D eigenvalue weighted by molar-refractivity contribution is 5.79. The Morgan fingerprint density at radius 3 is 1.79 bits per heavy atom. The van der Waals surface area contributed by atoms with Crippen molar-refractivity contribution < 1.29 is 0 Å². The zero-order valence-corrected chi connectivity index (χ0v) is 9.57. The molecule has 0 aliphatic carbocycles. The summed E-state index contributed by atoms with van der Waals surface area (Å²) in [5, 5.41) is 0. The summed E-state index contributed by atoms with van der Waals surface area (Å²) in [6.45, 7) is 16.4. The Kier molecular flexibility index (Phi) is 2.95. The highest BCUT2D eigenvalue weighted by Gasteiger charge is 2.07. The highest BCUT2D eigenvalue weighted by Crippen LogP contribution is 2.27. The lowest BCUT2D eigenvalue weighted by atomic mass is 9.92. The number of allylic oxidation sites excluding steroid dienone is 2.